The van der Waals surface area contributed by atoms with E-state index in [0.717, 1.165) is 23.7 Å². The highest BCUT2D eigenvalue weighted by atomic mass is 32.2. The Kier molecular flexibility index (Phi) is 4.70. The summed E-state index contributed by atoms with van der Waals surface area (Å²) in [6.07, 6.45) is 2.13. The molecule has 1 aliphatic rings. The molecule has 8 heteroatoms. The molecule has 0 aromatic carbocycles. The topological polar surface area (TPSA) is 91.6 Å². The number of aryl methyl sites for hydroxylation is 1. The minimum absolute atomic E-state index is 0.0194. The van der Waals surface area contributed by atoms with Crippen LogP contribution in [0.2, 0.25) is 0 Å². The van der Waals surface area contributed by atoms with E-state index in [-0.39, 0.29) is 22.5 Å². The second-order valence-electron chi connectivity index (χ2n) is 5.32. The van der Waals surface area contributed by atoms with Crippen LogP contribution in [0.4, 0.5) is 0 Å². The third kappa shape index (κ3) is 3.45. The molecule has 2 heterocycles. The van der Waals surface area contributed by atoms with Crippen LogP contribution >= 0.6 is 0 Å². The quantitative estimate of drug-likeness (QED) is 0.816. The Labute approximate surface area is 124 Å². The zero-order valence-electron chi connectivity index (χ0n) is 12.5. The average Bonchev–Trinajstić information content (AvgIpc) is 3.05. The Hall–Kier alpha value is -1.38. The Morgan fingerprint density at radius 2 is 2.24 bits per heavy atom. The largest absolute Gasteiger partial charge is 0.455 e. The number of hydrogen-bond donors (Lipinski definition) is 2. The standard InChI is InChI=1S/C13H21N3O4S/c1-9-12(21(18,19)16(2)3)7-11(20-9)13(17)15-8-10-5-4-6-14-10/h7,10,14H,4-6,8H2,1-3H3,(H,15,17). The van der Waals surface area contributed by atoms with E-state index in [1.165, 1.54) is 27.1 Å². The zero-order valence-corrected chi connectivity index (χ0v) is 13.3. The van der Waals surface area contributed by atoms with Crippen LogP contribution in [0.5, 0.6) is 0 Å². The molecule has 2 rings (SSSR count). The number of hydrogen-bond acceptors (Lipinski definition) is 5. The van der Waals surface area contributed by atoms with Gasteiger partial charge in [-0.05, 0) is 26.3 Å². The van der Waals surface area contributed by atoms with Gasteiger partial charge in [0.2, 0.25) is 10.0 Å². The van der Waals surface area contributed by atoms with E-state index in [4.69, 9.17) is 4.42 Å². The highest BCUT2D eigenvalue weighted by Gasteiger charge is 2.26. The molecule has 1 unspecified atom stereocenters. The molecule has 0 radical (unpaired) electrons. The van der Waals surface area contributed by atoms with E-state index in [0.29, 0.717) is 6.54 Å². The summed E-state index contributed by atoms with van der Waals surface area (Å²) in [7, 11) is -0.728. The van der Waals surface area contributed by atoms with Crippen molar-refractivity contribution in [2.24, 2.45) is 0 Å². The normalized spacial score (nSPS) is 19.1. The first kappa shape index (κ1) is 16.0. The third-order valence-corrected chi connectivity index (χ3v) is 5.45. The van der Waals surface area contributed by atoms with Gasteiger partial charge < -0.3 is 15.1 Å². The summed E-state index contributed by atoms with van der Waals surface area (Å²) < 4.78 is 30.5. The fourth-order valence-corrected chi connectivity index (χ4v) is 3.32. The van der Waals surface area contributed by atoms with Crippen molar-refractivity contribution in [2.75, 3.05) is 27.2 Å². The van der Waals surface area contributed by atoms with Crippen LogP contribution in [0.3, 0.4) is 0 Å². The lowest BCUT2D eigenvalue weighted by molar-refractivity contribution is 0.0921. The number of nitrogens with zero attached hydrogens (tertiary/aromatic N) is 1. The van der Waals surface area contributed by atoms with Gasteiger partial charge in [-0.3, -0.25) is 4.79 Å². The van der Waals surface area contributed by atoms with Crippen LogP contribution in [-0.4, -0.2) is 51.9 Å². The van der Waals surface area contributed by atoms with Crippen LogP contribution in [-0.2, 0) is 10.0 Å². The molecule has 1 aromatic rings. The van der Waals surface area contributed by atoms with E-state index in [1.54, 1.807) is 0 Å². The summed E-state index contributed by atoms with van der Waals surface area (Å²) in [5.41, 5.74) is 0. The molecule has 1 atom stereocenters. The average molecular weight is 315 g/mol. The van der Waals surface area contributed by atoms with Crippen molar-refractivity contribution in [3.63, 3.8) is 0 Å². The van der Waals surface area contributed by atoms with E-state index in [9.17, 15) is 13.2 Å². The van der Waals surface area contributed by atoms with Crippen LogP contribution in [0.1, 0.15) is 29.2 Å². The van der Waals surface area contributed by atoms with Crippen molar-refractivity contribution < 1.29 is 17.6 Å². The van der Waals surface area contributed by atoms with Crippen LogP contribution in [0.25, 0.3) is 0 Å². The maximum Gasteiger partial charge on any atom is 0.287 e. The molecule has 21 heavy (non-hydrogen) atoms. The van der Waals surface area contributed by atoms with E-state index in [1.807, 2.05) is 0 Å². The van der Waals surface area contributed by atoms with Gasteiger partial charge in [-0.25, -0.2) is 12.7 Å². The van der Waals surface area contributed by atoms with E-state index >= 15 is 0 Å². The summed E-state index contributed by atoms with van der Waals surface area (Å²) in [6, 6.07) is 1.55. The summed E-state index contributed by atoms with van der Waals surface area (Å²) in [5.74, 6) is -0.161. The van der Waals surface area contributed by atoms with Crippen molar-refractivity contribution in [1.29, 1.82) is 0 Å². The van der Waals surface area contributed by atoms with Gasteiger partial charge in [0.15, 0.2) is 5.76 Å². The van der Waals surface area contributed by atoms with Gasteiger partial charge in [0.25, 0.3) is 5.91 Å². The molecular weight excluding hydrogens is 294 g/mol. The van der Waals surface area contributed by atoms with Gasteiger partial charge in [0.05, 0.1) is 0 Å². The van der Waals surface area contributed by atoms with Gasteiger partial charge in [0, 0.05) is 32.7 Å². The first-order valence-corrected chi connectivity index (χ1v) is 8.31. The number of carbonyl (C=O) groups excluding carboxylic acids is 1. The van der Waals surface area contributed by atoms with Gasteiger partial charge in [0.1, 0.15) is 10.7 Å². The predicted molar refractivity (Wildman–Crippen MR) is 77.7 cm³/mol. The molecule has 1 aliphatic heterocycles. The zero-order chi connectivity index (χ0) is 15.6. The Morgan fingerprint density at radius 1 is 1.52 bits per heavy atom. The lowest BCUT2D eigenvalue weighted by atomic mass is 10.2. The smallest absolute Gasteiger partial charge is 0.287 e. The van der Waals surface area contributed by atoms with Gasteiger partial charge in [-0.15, -0.1) is 0 Å². The molecule has 0 spiro atoms. The van der Waals surface area contributed by atoms with Crippen molar-refractivity contribution in [3.8, 4) is 0 Å². The van der Waals surface area contributed by atoms with E-state index < -0.39 is 15.9 Å². The molecule has 7 nitrogen and oxygen atoms in total. The van der Waals surface area contributed by atoms with E-state index in [2.05, 4.69) is 10.6 Å². The Morgan fingerprint density at radius 3 is 2.81 bits per heavy atom. The number of sulfonamides is 1. The molecule has 1 amide bonds. The summed E-state index contributed by atoms with van der Waals surface area (Å²) in [6.45, 7) is 3.01. The first-order valence-electron chi connectivity index (χ1n) is 6.87. The molecule has 2 N–H and O–H groups in total. The number of carbonyl (C=O) groups is 1. The third-order valence-electron chi connectivity index (χ3n) is 3.53. The number of rotatable bonds is 5. The molecule has 0 aliphatic carbocycles. The molecule has 1 aromatic heterocycles. The highest BCUT2D eigenvalue weighted by Crippen LogP contribution is 2.22. The van der Waals surface area contributed by atoms with Crippen LogP contribution < -0.4 is 10.6 Å². The van der Waals surface area contributed by atoms with Crippen LogP contribution in [0.15, 0.2) is 15.4 Å². The number of amides is 1. The monoisotopic (exact) mass is 315 g/mol. The van der Waals surface area contributed by atoms with Crippen molar-refractivity contribution in [2.45, 2.75) is 30.7 Å². The fourth-order valence-electron chi connectivity index (χ4n) is 2.26. The summed E-state index contributed by atoms with van der Waals surface area (Å²) in [5, 5.41) is 6.03. The second kappa shape index (κ2) is 6.17. The van der Waals surface area contributed by atoms with Crippen molar-refractivity contribution in [1.82, 2.24) is 14.9 Å². The molecule has 1 saturated heterocycles. The summed E-state index contributed by atoms with van der Waals surface area (Å²) >= 11 is 0. The maximum atomic E-state index is 12.1. The lowest BCUT2D eigenvalue weighted by Gasteiger charge is -2.10. The predicted octanol–water partition coefficient (Wildman–Crippen LogP) is 0.320. The van der Waals surface area contributed by atoms with Crippen LogP contribution in [0, 0.1) is 6.92 Å². The first-order chi connectivity index (χ1) is 9.82. The summed E-state index contributed by atoms with van der Waals surface area (Å²) in [4.78, 5) is 12.0. The SMILES string of the molecule is Cc1oc(C(=O)NCC2CCCN2)cc1S(=O)(=O)N(C)C. The van der Waals surface area contributed by atoms with Gasteiger partial charge in [-0.2, -0.15) is 0 Å². The molecule has 118 valence electrons. The lowest BCUT2D eigenvalue weighted by Crippen LogP contribution is -2.37. The number of furan rings is 1. The maximum absolute atomic E-state index is 12.1. The molecular formula is C13H21N3O4S. The van der Waals surface area contributed by atoms with Crippen molar-refractivity contribution in [3.05, 3.63) is 17.6 Å². The van der Waals surface area contributed by atoms with Gasteiger partial charge >= 0.3 is 0 Å². The van der Waals surface area contributed by atoms with Crippen molar-refractivity contribution >= 4 is 15.9 Å². The fraction of sp³-hybridized carbons (Fsp3) is 0.615. The Bertz CT molecular complexity index is 615. The minimum Gasteiger partial charge on any atom is -0.455 e. The Balaban J connectivity index is 2.09. The highest BCUT2D eigenvalue weighted by molar-refractivity contribution is 7.89. The molecule has 0 saturated carbocycles. The minimum atomic E-state index is -3.60. The van der Waals surface area contributed by atoms with Gasteiger partial charge in [-0.1, -0.05) is 0 Å². The second-order valence-corrected chi connectivity index (χ2v) is 7.44. The molecule has 1 fully saturated rings. The number of nitrogens with one attached hydrogen (secondary N) is 2. The molecule has 0 bridgehead atoms.